The van der Waals surface area contributed by atoms with Gasteiger partial charge in [0.15, 0.2) is 0 Å². The van der Waals surface area contributed by atoms with E-state index in [2.05, 4.69) is 35.8 Å². The van der Waals surface area contributed by atoms with E-state index >= 15 is 0 Å². The van der Waals surface area contributed by atoms with Crippen molar-refractivity contribution < 1.29 is 9.53 Å². The summed E-state index contributed by atoms with van der Waals surface area (Å²) < 4.78 is 5.26. The Morgan fingerprint density at radius 3 is 2.48 bits per heavy atom. The number of para-hydroxylation sites is 2. The quantitative estimate of drug-likeness (QED) is 0.606. The highest BCUT2D eigenvalue weighted by molar-refractivity contribution is 6.03. The second-order valence-corrected chi connectivity index (χ2v) is 7.24. The molecule has 5 nitrogen and oxygen atoms in total. The van der Waals surface area contributed by atoms with Gasteiger partial charge in [-0.15, -0.1) is 0 Å². The molecule has 2 amide bonds. The van der Waals surface area contributed by atoms with Gasteiger partial charge in [0.25, 0.3) is 0 Å². The second-order valence-electron chi connectivity index (χ2n) is 7.24. The summed E-state index contributed by atoms with van der Waals surface area (Å²) in [5, 5.41) is 6.63. The SMILES string of the molecule is COc1cccc(NC(=O)N2c3ccccc3C(Nc3ccccc3)CC2C)c1. The number of fused-ring (bicyclic) bond motifs is 1. The van der Waals surface area contributed by atoms with E-state index < -0.39 is 0 Å². The predicted octanol–water partition coefficient (Wildman–Crippen LogP) is 5.68. The number of urea groups is 1. The molecule has 0 fully saturated rings. The van der Waals surface area contributed by atoms with Crippen molar-refractivity contribution in [2.24, 2.45) is 0 Å². The number of hydrogen-bond donors (Lipinski definition) is 2. The van der Waals surface area contributed by atoms with E-state index in [1.165, 1.54) is 0 Å². The molecule has 3 aromatic carbocycles. The number of methoxy groups -OCH3 is 1. The Balaban J connectivity index is 1.60. The van der Waals surface area contributed by atoms with Gasteiger partial charge in [0.05, 0.1) is 18.8 Å². The zero-order valence-electron chi connectivity index (χ0n) is 16.6. The number of nitrogens with zero attached hydrogens (tertiary/aromatic N) is 1. The topological polar surface area (TPSA) is 53.6 Å². The Morgan fingerprint density at radius 2 is 1.69 bits per heavy atom. The lowest BCUT2D eigenvalue weighted by atomic mass is 9.91. The summed E-state index contributed by atoms with van der Waals surface area (Å²) in [7, 11) is 1.61. The molecule has 0 saturated carbocycles. The molecular weight excluding hydrogens is 362 g/mol. The van der Waals surface area contributed by atoms with Crippen LogP contribution in [0.25, 0.3) is 0 Å². The largest absolute Gasteiger partial charge is 0.497 e. The maximum atomic E-state index is 13.2. The van der Waals surface area contributed by atoms with Crippen LogP contribution in [0.2, 0.25) is 0 Å². The molecule has 5 heteroatoms. The summed E-state index contributed by atoms with van der Waals surface area (Å²) >= 11 is 0. The lowest BCUT2D eigenvalue weighted by Gasteiger charge is -2.39. The van der Waals surface area contributed by atoms with Crippen molar-refractivity contribution in [3.05, 3.63) is 84.4 Å². The summed E-state index contributed by atoms with van der Waals surface area (Å²) in [6, 6.07) is 25.7. The highest BCUT2D eigenvalue weighted by Crippen LogP contribution is 2.39. The van der Waals surface area contributed by atoms with Crippen LogP contribution in [0.4, 0.5) is 21.9 Å². The highest BCUT2D eigenvalue weighted by Gasteiger charge is 2.33. The molecule has 29 heavy (non-hydrogen) atoms. The minimum atomic E-state index is -0.142. The van der Waals surface area contributed by atoms with Gasteiger partial charge in [-0.05, 0) is 49.2 Å². The average Bonchev–Trinajstić information content (AvgIpc) is 2.74. The average molecular weight is 387 g/mol. The Labute approximate surface area is 171 Å². The standard InChI is InChI=1S/C24H25N3O2/c1-17-15-22(25-18-9-4-3-5-10-18)21-13-6-7-14-23(21)27(17)24(28)26-19-11-8-12-20(16-19)29-2/h3-14,16-17,22,25H,15H2,1-2H3,(H,26,28). The Bertz CT molecular complexity index is 990. The van der Waals surface area contributed by atoms with E-state index in [0.717, 1.165) is 23.4 Å². The summed E-state index contributed by atoms with van der Waals surface area (Å²) in [5.41, 5.74) is 3.84. The third-order valence-electron chi connectivity index (χ3n) is 5.24. The van der Waals surface area contributed by atoms with E-state index in [0.29, 0.717) is 11.4 Å². The number of benzene rings is 3. The Hall–Kier alpha value is -3.47. The van der Waals surface area contributed by atoms with Crippen molar-refractivity contribution in [2.45, 2.75) is 25.4 Å². The number of ether oxygens (including phenoxy) is 1. The van der Waals surface area contributed by atoms with Crippen molar-refractivity contribution in [3.63, 3.8) is 0 Å². The number of hydrogen-bond acceptors (Lipinski definition) is 3. The molecule has 2 unspecified atom stereocenters. The van der Waals surface area contributed by atoms with Gasteiger partial charge in [0, 0.05) is 23.5 Å². The minimum absolute atomic E-state index is 0.0386. The summed E-state index contributed by atoms with van der Waals surface area (Å²) in [6.07, 6.45) is 0.817. The molecule has 4 rings (SSSR count). The van der Waals surface area contributed by atoms with Crippen LogP contribution in [-0.2, 0) is 0 Å². The third-order valence-corrected chi connectivity index (χ3v) is 5.24. The summed E-state index contributed by atoms with van der Waals surface area (Å²) in [6.45, 7) is 2.08. The van der Waals surface area contributed by atoms with Crippen LogP contribution in [0.1, 0.15) is 24.9 Å². The van der Waals surface area contributed by atoms with Crippen LogP contribution in [0.15, 0.2) is 78.9 Å². The van der Waals surface area contributed by atoms with Crippen LogP contribution in [0.5, 0.6) is 5.75 Å². The van der Waals surface area contributed by atoms with Crippen molar-refractivity contribution in [3.8, 4) is 5.75 Å². The van der Waals surface area contributed by atoms with Gasteiger partial charge in [-0.25, -0.2) is 4.79 Å². The Morgan fingerprint density at radius 1 is 0.966 bits per heavy atom. The fourth-order valence-electron chi connectivity index (χ4n) is 3.88. The lowest BCUT2D eigenvalue weighted by Crippen LogP contribution is -2.46. The van der Waals surface area contributed by atoms with Crippen molar-refractivity contribution >= 4 is 23.1 Å². The number of carbonyl (C=O) groups excluding carboxylic acids is 1. The van der Waals surface area contributed by atoms with Crippen LogP contribution in [0.3, 0.4) is 0 Å². The molecular formula is C24H25N3O2. The molecule has 2 atom stereocenters. The lowest BCUT2D eigenvalue weighted by molar-refractivity contribution is 0.254. The maximum Gasteiger partial charge on any atom is 0.326 e. The summed E-state index contributed by atoms with van der Waals surface area (Å²) in [5.74, 6) is 0.710. The molecule has 1 heterocycles. The molecule has 0 aliphatic carbocycles. The van der Waals surface area contributed by atoms with Gasteiger partial charge in [0.2, 0.25) is 0 Å². The van der Waals surface area contributed by atoms with E-state index in [1.807, 2.05) is 65.6 Å². The molecule has 1 aliphatic heterocycles. The van der Waals surface area contributed by atoms with Crippen LogP contribution in [-0.4, -0.2) is 19.2 Å². The zero-order valence-corrected chi connectivity index (χ0v) is 16.6. The van der Waals surface area contributed by atoms with E-state index in [1.54, 1.807) is 7.11 Å². The monoisotopic (exact) mass is 387 g/mol. The molecule has 1 aliphatic rings. The number of carbonyl (C=O) groups is 1. The first-order chi connectivity index (χ1) is 14.2. The predicted molar refractivity (Wildman–Crippen MR) is 118 cm³/mol. The van der Waals surface area contributed by atoms with Gasteiger partial charge in [-0.1, -0.05) is 42.5 Å². The van der Waals surface area contributed by atoms with Gasteiger partial charge < -0.3 is 15.4 Å². The van der Waals surface area contributed by atoms with E-state index in [9.17, 15) is 4.79 Å². The molecule has 0 radical (unpaired) electrons. The molecule has 3 aromatic rings. The number of nitrogens with one attached hydrogen (secondary N) is 2. The normalized spacial score (nSPS) is 17.9. The van der Waals surface area contributed by atoms with Crippen molar-refractivity contribution in [2.75, 3.05) is 22.6 Å². The van der Waals surface area contributed by atoms with Gasteiger partial charge in [0.1, 0.15) is 5.75 Å². The molecule has 2 N–H and O–H groups in total. The number of rotatable bonds is 4. The first kappa shape index (κ1) is 18.9. The van der Waals surface area contributed by atoms with Crippen LogP contribution in [0, 0.1) is 0 Å². The minimum Gasteiger partial charge on any atom is -0.497 e. The third kappa shape index (κ3) is 4.04. The molecule has 0 spiro atoms. The van der Waals surface area contributed by atoms with Crippen LogP contribution < -0.4 is 20.3 Å². The molecule has 0 saturated heterocycles. The van der Waals surface area contributed by atoms with Gasteiger partial charge in [-0.2, -0.15) is 0 Å². The maximum absolute atomic E-state index is 13.2. The Kier molecular flexibility index (Phi) is 5.38. The van der Waals surface area contributed by atoms with E-state index in [-0.39, 0.29) is 18.1 Å². The zero-order chi connectivity index (χ0) is 20.2. The fraction of sp³-hybridized carbons (Fsp3) is 0.208. The molecule has 0 bridgehead atoms. The fourth-order valence-corrected chi connectivity index (χ4v) is 3.88. The van der Waals surface area contributed by atoms with E-state index in [4.69, 9.17) is 4.74 Å². The second kappa shape index (κ2) is 8.27. The van der Waals surface area contributed by atoms with Gasteiger partial charge in [-0.3, -0.25) is 4.90 Å². The van der Waals surface area contributed by atoms with Crippen molar-refractivity contribution in [1.82, 2.24) is 0 Å². The van der Waals surface area contributed by atoms with Crippen molar-refractivity contribution in [1.29, 1.82) is 0 Å². The first-order valence-corrected chi connectivity index (χ1v) is 9.80. The highest BCUT2D eigenvalue weighted by atomic mass is 16.5. The smallest absolute Gasteiger partial charge is 0.326 e. The van der Waals surface area contributed by atoms with Crippen LogP contribution >= 0.6 is 0 Å². The molecule has 148 valence electrons. The summed E-state index contributed by atoms with van der Waals surface area (Å²) in [4.78, 5) is 15.0. The number of amides is 2. The number of anilines is 3. The van der Waals surface area contributed by atoms with Gasteiger partial charge >= 0.3 is 6.03 Å². The first-order valence-electron chi connectivity index (χ1n) is 9.80. The molecule has 0 aromatic heterocycles.